The van der Waals surface area contributed by atoms with Crippen molar-refractivity contribution in [1.82, 2.24) is 10.2 Å². The first-order valence-electron chi connectivity index (χ1n) is 9.55. The number of hydrogen-bond donors (Lipinski definition) is 1. The molecule has 0 spiro atoms. The van der Waals surface area contributed by atoms with E-state index in [9.17, 15) is 14.0 Å². The fourth-order valence-corrected chi connectivity index (χ4v) is 3.41. The second-order valence-electron chi connectivity index (χ2n) is 7.37. The van der Waals surface area contributed by atoms with Crippen molar-refractivity contribution in [3.63, 3.8) is 0 Å². The Morgan fingerprint density at radius 2 is 1.82 bits per heavy atom. The van der Waals surface area contributed by atoms with Crippen LogP contribution in [0, 0.1) is 11.7 Å². The topological polar surface area (TPSA) is 52.7 Å². The molecule has 0 atom stereocenters. The van der Waals surface area contributed by atoms with Gasteiger partial charge in [0.1, 0.15) is 5.82 Å². The van der Waals surface area contributed by atoms with Gasteiger partial charge in [-0.25, -0.2) is 4.39 Å². The molecule has 1 N–H and O–H groups in total. The van der Waals surface area contributed by atoms with Gasteiger partial charge in [0.05, 0.1) is 5.56 Å². The zero-order valence-electron chi connectivity index (χ0n) is 16.3. The Morgan fingerprint density at radius 1 is 1.11 bits per heavy atom. The van der Waals surface area contributed by atoms with Gasteiger partial charge >= 0.3 is 0 Å². The first-order valence-corrected chi connectivity index (χ1v) is 9.55. The summed E-state index contributed by atoms with van der Waals surface area (Å²) in [6.45, 7) is 1.72. The quantitative estimate of drug-likeness (QED) is 0.863. The van der Waals surface area contributed by atoms with Crippen molar-refractivity contribution in [3.8, 4) is 0 Å². The number of amides is 2. The molecule has 0 aromatic heterocycles. The van der Waals surface area contributed by atoms with Gasteiger partial charge in [0.15, 0.2) is 0 Å². The maximum atomic E-state index is 13.8. The van der Waals surface area contributed by atoms with E-state index in [2.05, 4.69) is 5.32 Å². The van der Waals surface area contributed by atoms with E-state index in [-0.39, 0.29) is 17.4 Å². The summed E-state index contributed by atoms with van der Waals surface area (Å²) in [5, 5.41) is 3.00. The molecule has 1 fully saturated rings. The van der Waals surface area contributed by atoms with E-state index < -0.39 is 5.82 Å². The van der Waals surface area contributed by atoms with Gasteiger partial charge < -0.3 is 15.1 Å². The molecule has 1 aliphatic rings. The molecule has 1 saturated heterocycles. The maximum absolute atomic E-state index is 13.8. The van der Waals surface area contributed by atoms with Gasteiger partial charge in [-0.15, -0.1) is 0 Å². The normalized spacial score (nSPS) is 14.6. The Hall–Kier alpha value is -2.89. The Morgan fingerprint density at radius 3 is 2.50 bits per heavy atom. The first-order chi connectivity index (χ1) is 13.5. The Bertz CT molecular complexity index is 845. The summed E-state index contributed by atoms with van der Waals surface area (Å²) < 4.78 is 13.8. The lowest BCUT2D eigenvalue weighted by Gasteiger charge is -2.32. The highest BCUT2D eigenvalue weighted by Gasteiger charge is 2.25. The van der Waals surface area contributed by atoms with Crippen LogP contribution in [0.15, 0.2) is 48.5 Å². The summed E-state index contributed by atoms with van der Waals surface area (Å²) in [6, 6.07) is 13.6. The summed E-state index contributed by atoms with van der Waals surface area (Å²) in [5.74, 6) is -0.526. The molecule has 28 heavy (non-hydrogen) atoms. The van der Waals surface area contributed by atoms with Gasteiger partial charge in [0.2, 0.25) is 0 Å². The summed E-state index contributed by atoms with van der Waals surface area (Å²) in [4.78, 5) is 28.5. The van der Waals surface area contributed by atoms with Gasteiger partial charge in [-0.05, 0) is 49.1 Å². The molecule has 6 heteroatoms. The van der Waals surface area contributed by atoms with E-state index in [4.69, 9.17) is 0 Å². The number of likely N-dealkylation sites (tertiary alicyclic amines) is 1. The van der Waals surface area contributed by atoms with Gasteiger partial charge in [-0.2, -0.15) is 0 Å². The maximum Gasteiger partial charge on any atom is 0.256 e. The van der Waals surface area contributed by atoms with Crippen molar-refractivity contribution >= 4 is 17.5 Å². The van der Waals surface area contributed by atoms with E-state index in [1.165, 1.54) is 12.1 Å². The number of nitrogens with one attached hydrogen (secondary N) is 1. The molecule has 0 saturated carbocycles. The van der Waals surface area contributed by atoms with Gasteiger partial charge in [0.25, 0.3) is 11.8 Å². The summed E-state index contributed by atoms with van der Waals surface area (Å²) in [5.41, 5.74) is 1.74. The lowest BCUT2D eigenvalue weighted by Crippen LogP contribution is -2.41. The number of benzene rings is 2. The average Bonchev–Trinajstić information content (AvgIpc) is 2.72. The number of carbonyl (C=O) groups excluding carboxylic acids is 2. The monoisotopic (exact) mass is 383 g/mol. The van der Waals surface area contributed by atoms with Crippen LogP contribution in [0.1, 0.15) is 33.6 Å². The molecule has 3 rings (SSSR count). The lowest BCUT2D eigenvalue weighted by atomic mass is 9.96. The van der Waals surface area contributed by atoms with E-state index in [1.807, 2.05) is 37.2 Å². The predicted octanol–water partition coefficient (Wildman–Crippen LogP) is 3.17. The third-order valence-electron chi connectivity index (χ3n) is 5.18. The Balaban J connectivity index is 1.49. The highest BCUT2D eigenvalue weighted by molar-refractivity contribution is 5.95. The predicted molar refractivity (Wildman–Crippen MR) is 108 cm³/mol. The minimum absolute atomic E-state index is 0.0893. The fourth-order valence-electron chi connectivity index (χ4n) is 3.41. The number of anilines is 1. The largest absolute Gasteiger partial charge is 0.378 e. The molecular formula is C22H26FN3O2. The first kappa shape index (κ1) is 19.9. The van der Waals surface area contributed by atoms with Crippen molar-refractivity contribution in [1.29, 1.82) is 0 Å². The van der Waals surface area contributed by atoms with Gasteiger partial charge in [-0.3, -0.25) is 9.59 Å². The standard InChI is InChI=1S/C22H26FN3O2/c1-25(2)18-7-5-6-17(14-18)21(27)24-15-16-10-12-26(13-11-16)22(28)19-8-3-4-9-20(19)23/h3-9,14,16H,10-13,15H2,1-2H3,(H,24,27). The molecule has 5 nitrogen and oxygen atoms in total. The van der Waals surface area contributed by atoms with Crippen molar-refractivity contribution < 1.29 is 14.0 Å². The lowest BCUT2D eigenvalue weighted by molar-refractivity contribution is 0.0679. The molecule has 1 heterocycles. The Kier molecular flexibility index (Phi) is 6.29. The van der Waals surface area contributed by atoms with Crippen LogP contribution >= 0.6 is 0 Å². The summed E-state index contributed by atoms with van der Waals surface area (Å²) in [7, 11) is 3.88. The Labute approximate surface area is 165 Å². The van der Waals surface area contributed by atoms with Crippen LogP contribution in [0.2, 0.25) is 0 Å². The highest BCUT2D eigenvalue weighted by Crippen LogP contribution is 2.20. The van der Waals surface area contributed by atoms with E-state index in [1.54, 1.807) is 23.1 Å². The van der Waals surface area contributed by atoms with Crippen LogP contribution in [-0.2, 0) is 0 Å². The summed E-state index contributed by atoms with van der Waals surface area (Å²) >= 11 is 0. The number of carbonyl (C=O) groups is 2. The second kappa shape index (κ2) is 8.87. The molecule has 0 aliphatic carbocycles. The molecule has 2 aromatic carbocycles. The van der Waals surface area contributed by atoms with E-state index >= 15 is 0 Å². The second-order valence-corrected chi connectivity index (χ2v) is 7.37. The van der Waals surface area contributed by atoms with Crippen LogP contribution in [0.25, 0.3) is 0 Å². The average molecular weight is 383 g/mol. The number of hydrogen-bond acceptors (Lipinski definition) is 3. The molecule has 2 amide bonds. The van der Waals surface area contributed by atoms with Gasteiger partial charge in [-0.1, -0.05) is 18.2 Å². The fraction of sp³-hybridized carbons (Fsp3) is 0.364. The van der Waals surface area contributed by atoms with Gasteiger partial charge in [0, 0.05) is 45.0 Å². The highest BCUT2D eigenvalue weighted by atomic mass is 19.1. The zero-order valence-corrected chi connectivity index (χ0v) is 16.3. The zero-order chi connectivity index (χ0) is 20.1. The number of piperidine rings is 1. The van der Waals surface area contributed by atoms with Crippen LogP contribution < -0.4 is 10.2 Å². The molecule has 148 valence electrons. The van der Waals surface area contributed by atoms with Crippen LogP contribution in [0.5, 0.6) is 0 Å². The van der Waals surface area contributed by atoms with Crippen molar-refractivity contribution in [2.45, 2.75) is 12.8 Å². The smallest absolute Gasteiger partial charge is 0.256 e. The number of halogens is 1. The molecule has 0 bridgehead atoms. The SMILES string of the molecule is CN(C)c1cccc(C(=O)NCC2CCN(C(=O)c3ccccc3F)CC2)c1. The molecule has 0 unspecified atom stereocenters. The summed E-state index contributed by atoms with van der Waals surface area (Å²) in [6.07, 6.45) is 1.58. The van der Waals surface area contributed by atoms with E-state index in [0.29, 0.717) is 31.1 Å². The van der Waals surface area contributed by atoms with E-state index in [0.717, 1.165) is 18.5 Å². The van der Waals surface area contributed by atoms with Crippen molar-refractivity contribution in [2.24, 2.45) is 5.92 Å². The van der Waals surface area contributed by atoms with Crippen molar-refractivity contribution in [2.75, 3.05) is 38.6 Å². The van der Waals surface area contributed by atoms with Crippen molar-refractivity contribution in [3.05, 3.63) is 65.5 Å². The minimum Gasteiger partial charge on any atom is -0.378 e. The molecule has 0 radical (unpaired) electrons. The van der Waals surface area contributed by atoms with Crippen LogP contribution in [0.3, 0.4) is 0 Å². The third kappa shape index (κ3) is 4.68. The molecule has 1 aliphatic heterocycles. The molecular weight excluding hydrogens is 357 g/mol. The minimum atomic E-state index is -0.484. The molecule has 2 aromatic rings. The third-order valence-corrected chi connectivity index (χ3v) is 5.18. The van der Waals surface area contributed by atoms with Crippen LogP contribution in [-0.4, -0.2) is 50.4 Å². The number of nitrogens with zero attached hydrogens (tertiary/aromatic N) is 2. The number of rotatable bonds is 5. The van der Waals surface area contributed by atoms with Crippen LogP contribution in [0.4, 0.5) is 10.1 Å².